The molecule has 21 heavy (non-hydrogen) atoms. The van der Waals surface area contributed by atoms with Crippen LogP contribution in [0.2, 0.25) is 0 Å². The largest absolute Gasteiger partial charge is 0.481 e. The molecule has 0 heterocycles. The summed E-state index contributed by atoms with van der Waals surface area (Å²) >= 11 is 0. The average Bonchev–Trinajstić information content (AvgIpc) is 2.63. The van der Waals surface area contributed by atoms with Crippen molar-refractivity contribution >= 4 is 11.9 Å². The van der Waals surface area contributed by atoms with Crippen LogP contribution in [0.15, 0.2) is 0 Å². The lowest BCUT2D eigenvalue weighted by atomic mass is 9.77. The second-order valence-electron chi connectivity index (χ2n) is 7.16. The van der Waals surface area contributed by atoms with Gasteiger partial charge in [-0.25, -0.2) is 0 Å². The van der Waals surface area contributed by atoms with Crippen molar-refractivity contribution in [3.63, 3.8) is 0 Å². The maximum Gasteiger partial charge on any atom is 0.310 e. The van der Waals surface area contributed by atoms with Gasteiger partial charge in [0.15, 0.2) is 0 Å². The van der Waals surface area contributed by atoms with E-state index in [2.05, 4.69) is 13.8 Å². The molecule has 122 valence electrons. The molecule has 1 aliphatic carbocycles. The minimum absolute atomic E-state index is 0.0209. The lowest BCUT2D eigenvalue weighted by molar-refractivity contribution is -0.155. The van der Waals surface area contributed by atoms with Crippen molar-refractivity contribution < 1.29 is 14.7 Å². The Morgan fingerprint density at radius 3 is 2.05 bits per heavy atom. The summed E-state index contributed by atoms with van der Waals surface area (Å²) in [6.45, 7) is 6.32. The molecule has 0 saturated heterocycles. The highest BCUT2D eigenvalue weighted by molar-refractivity contribution is 5.85. The van der Waals surface area contributed by atoms with Gasteiger partial charge in [0.05, 0.1) is 5.41 Å². The zero-order valence-electron chi connectivity index (χ0n) is 14.0. The summed E-state index contributed by atoms with van der Waals surface area (Å²) < 4.78 is 0. The monoisotopic (exact) mass is 297 g/mol. The predicted molar refractivity (Wildman–Crippen MR) is 84.1 cm³/mol. The molecule has 0 aromatic heterocycles. The van der Waals surface area contributed by atoms with Gasteiger partial charge in [0.1, 0.15) is 0 Å². The van der Waals surface area contributed by atoms with Crippen LogP contribution in [0.4, 0.5) is 0 Å². The first kappa shape index (κ1) is 18.0. The normalized spacial score (nSPS) is 19.9. The first-order valence-corrected chi connectivity index (χ1v) is 8.27. The fourth-order valence-corrected chi connectivity index (χ4v) is 3.37. The number of hydrogen-bond donors (Lipinski definition) is 1. The fraction of sp³-hybridized carbons (Fsp3) is 0.882. The fourth-order valence-electron chi connectivity index (χ4n) is 3.37. The molecule has 1 saturated carbocycles. The topological polar surface area (TPSA) is 57.6 Å². The van der Waals surface area contributed by atoms with Crippen molar-refractivity contribution in [3.8, 4) is 0 Å². The maximum absolute atomic E-state index is 12.5. The highest BCUT2D eigenvalue weighted by atomic mass is 16.4. The number of carbonyl (C=O) groups excluding carboxylic acids is 1. The molecular weight excluding hydrogens is 266 g/mol. The predicted octanol–water partition coefficient (Wildman–Crippen LogP) is 3.69. The Labute approximate surface area is 128 Å². The van der Waals surface area contributed by atoms with E-state index in [1.54, 1.807) is 4.90 Å². The second kappa shape index (κ2) is 7.81. The van der Waals surface area contributed by atoms with Gasteiger partial charge in [-0.1, -0.05) is 39.5 Å². The summed E-state index contributed by atoms with van der Waals surface area (Å²) in [6.07, 6.45) is 6.39. The summed E-state index contributed by atoms with van der Waals surface area (Å²) in [6, 6.07) is 0.161. The number of amides is 1. The molecule has 1 atom stereocenters. The van der Waals surface area contributed by atoms with Crippen LogP contribution in [0.3, 0.4) is 0 Å². The van der Waals surface area contributed by atoms with Gasteiger partial charge >= 0.3 is 5.97 Å². The Kier molecular flexibility index (Phi) is 6.69. The van der Waals surface area contributed by atoms with Crippen LogP contribution in [0.1, 0.15) is 72.1 Å². The molecule has 1 rings (SSSR count). The van der Waals surface area contributed by atoms with E-state index >= 15 is 0 Å². The van der Waals surface area contributed by atoms with Gasteiger partial charge in [-0.2, -0.15) is 0 Å². The van der Waals surface area contributed by atoms with E-state index < -0.39 is 11.4 Å². The number of hydrogen-bond acceptors (Lipinski definition) is 2. The molecule has 0 aliphatic heterocycles. The standard InChI is InChI=1S/C17H31NO3/c1-13(2)11-14(3)18(4)15(19)12-17(16(20)21)9-7-5-6-8-10-17/h13-14H,5-12H2,1-4H3,(H,20,21). The van der Waals surface area contributed by atoms with Gasteiger partial charge in [0.25, 0.3) is 0 Å². The van der Waals surface area contributed by atoms with Crippen molar-refractivity contribution in [1.29, 1.82) is 0 Å². The third-order valence-electron chi connectivity index (χ3n) is 4.87. The van der Waals surface area contributed by atoms with Crippen LogP contribution in [0.5, 0.6) is 0 Å². The summed E-state index contributed by atoms with van der Waals surface area (Å²) in [5, 5.41) is 9.66. The summed E-state index contributed by atoms with van der Waals surface area (Å²) in [5.74, 6) is -0.281. The Hall–Kier alpha value is -1.06. The molecule has 0 aromatic carbocycles. The molecule has 0 radical (unpaired) electrons. The first-order valence-electron chi connectivity index (χ1n) is 8.27. The van der Waals surface area contributed by atoms with E-state index in [0.717, 1.165) is 32.1 Å². The molecule has 4 heteroatoms. The van der Waals surface area contributed by atoms with Crippen molar-refractivity contribution in [2.75, 3.05) is 7.05 Å². The minimum Gasteiger partial charge on any atom is -0.481 e. The van der Waals surface area contributed by atoms with Gasteiger partial charge < -0.3 is 10.0 Å². The summed E-state index contributed by atoms with van der Waals surface area (Å²) in [5.41, 5.74) is -0.834. The molecule has 0 spiro atoms. The number of rotatable bonds is 6. The van der Waals surface area contributed by atoms with Gasteiger partial charge in [-0.05, 0) is 32.1 Å². The van der Waals surface area contributed by atoms with Gasteiger partial charge in [0, 0.05) is 19.5 Å². The Balaban J connectivity index is 2.74. The van der Waals surface area contributed by atoms with Crippen LogP contribution in [0, 0.1) is 11.3 Å². The molecule has 1 N–H and O–H groups in total. The van der Waals surface area contributed by atoms with Crippen LogP contribution in [-0.2, 0) is 9.59 Å². The SMILES string of the molecule is CC(C)CC(C)N(C)C(=O)CC1(C(=O)O)CCCCCC1. The minimum atomic E-state index is -0.834. The van der Waals surface area contributed by atoms with Gasteiger partial charge in [0.2, 0.25) is 5.91 Å². The van der Waals surface area contributed by atoms with E-state index in [0.29, 0.717) is 18.8 Å². The number of aliphatic carboxylic acids is 1. The zero-order chi connectivity index (χ0) is 16.0. The van der Waals surface area contributed by atoms with Crippen LogP contribution in [-0.4, -0.2) is 35.0 Å². The van der Waals surface area contributed by atoms with Crippen molar-refractivity contribution in [2.45, 2.75) is 78.2 Å². The van der Waals surface area contributed by atoms with Crippen molar-refractivity contribution in [2.24, 2.45) is 11.3 Å². The van der Waals surface area contributed by atoms with Gasteiger partial charge in [-0.15, -0.1) is 0 Å². The summed E-state index contributed by atoms with van der Waals surface area (Å²) in [7, 11) is 1.81. The zero-order valence-corrected chi connectivity index (χ0v) is 14.0. The summed E-state index contributed by atoms with van der Waals surface area (Å²) in [4.78, 5) is 26.0. The van der Waals surface area contributed by atoms with Gasteiger partial charge in [-0.3, -0.25) is 9.59 Å². The number of carbonyl (C=O) groups is 2. The lowest BCUT2D eigenvalue weighted by Crippen LogP contribution is -2.41. The third kappa shape index (κ3) is 5.01. The van der Waals surface area contributed by atoms with E-state index in [1.807, 2.05) is 14.0 Å². The van der Waals surface area contributed by atoms with E-state index in [9.17, 15) is 14.7 Å². The highest BCUT2D eigenvalue weighted by Crippen LogP contribution is 2.39. The Morgan fingerprint density at radius 1 is 1.10 bits per heavy atom. The van der Waals surface area contributed by atoms with Crippen molar-refractivity contribution in [3.05, 3.63) is 0 Å². The molecule has 1 fully saturated rings. The smallest absolute Gasteiger partial charge is 0.310 e. The Morgan fingerprint density at radius 2 is 1.62 bits per heavy atom. The maximum atomic E-state index is 12.5. The average molecular weight is 297 g/mol. The first-order chi connectivity index (χ1) is 9.78. The third-order valence-corrected chi connectivity index (χ3v) is 4.87. The van der Waals surface area contributed by atoms with E-state index in [4.69, 9.17) is 0 Å². The Bertz CT molecular complexity index is 357. The molecule has 1 unspecified atom stereocenters. The quantitative estimate of drug-likeness (QED) is 0.761. The van der Waals surface area contributed by atoms with E-state index in [-0.39, 0.29) is 18.4 Å². The number of carboxylic acids is 1. The van der Waals surface area contributed by atoms with E-state index in [1.165, 1.54) is 0 Å². The molecule has 1 aliphatic rings. The molecule has 0 bridgehead atoms. The van der Waals surface area contributed by atoms with Crippen LogP contribution in [0.25, 0.3) is 0 Å². The number of carboxylic acid groups (broad SMARTS) is 1. The molecular formula is C17H31NO3. The van der Waals surface area contributed by atoms with Crippen LogP contribution < -0.4 is 0 Å². The van der Waals surface area contributed by atoms with Crippen LogP contribution >= 0.6 is 0 Å². The second-order valence-corrected chi connectivity index (χ2v) is 7.16. The number of nitrogens with zero attached hydrogens (tertiary/aromatic N) is 1. The molecule has 1 amide bonds. The molecule has 4 nitrogen and oxygen atoms in total. The highest BCUT2D eigenvalue weighted by Gasteiger charge is 2.41. The van der Waals surface area contributed by atoms with Crippen molar-refractivity contribution in [1.82, 2.24) is 4.90 Å². The lowest BCUT2D eigenvalue weighted by Gasteiger charge is -2.32. The molecule has 0 aromatic rings.